The summed E-state index contributed by atoms with van der Waals surface area (Å²) in [6.45, 7) is 13.2. The molecular formula is C31H46N6O2. The van der Waals surface area contributed by atoms with E-state index in [1.165, 1.54) is 11.1 Å². The number of hydrogen-bond acceptors (Lipinski definition) is 6. The monoisotopic (exact) mass is 534 g/mol. The van der Waals surface area contributed by atoms with Crippen molar-refractivity contribution in [3.05, 3.63) is 76.8 Å². The lowest BCUT2D eigenvalue weighted by Crippen LogP contribution is -2.34. The molecule has 0 unspecified atom stereocenters. The van der Waals surface area contributed by atoms with Crippen molar-refractivity contribution >= 4 is 30.3 Å². The number of carbonyl (C=O) groups excluding carboxylic acids is 2. The highest BCUT2D eigenvalue weighted by atomic mass is 16.2. The first kappa shape index (κ1) is 33.2. The summed E-state index contributed by atoms with van der Waals surface area (Å²) in [6.07, 6.45) is 9.68. The lowest BCUT2D eigenvalue weighted by Gasteiger charge is -2.32. The van der Waals surface area contributed by atoms with Gasteiger partial charge in [0.1, 0.15) is 12.6 Å². The minimum absolute atomic E-state index is 0.0449. The fourth-order valence-corrected chi connectivity index (χ4v) is 4.41. The van der Waals surface area contributed by atoms with Gasteiger partial charge in [0, 0.05) is 50.7 Å². The van der Waals surface area contributed by atoms with Crippen LogP contribution in [0.25, 0.3) is 6.08 Å². The number of aryl methyl sites for hydroxylation is 1. The Morgan fingerprint density at radius 2 is 1.79 bits per heavy atom. The SMILES string of the molecule is C=O.CC.CN/C=C\C(N)=Nc1ccnc(C)c1/C=C(\C)CN1CCC(c2ccc(C(=O)N(C)C)cc2)CC1. The molecule has 0 saturated carbocycles. The van der Waals surface area contributed by atoms with Gasteiger partial charge in [0.25, 0.3) is 5.91 Å². The molecule has 1 aliphatic heterocycles. The quantitative estimate of drug-likeness (QED) is 0.367. The first-order valence-electron chi connectivity index (χ1n) is 13.4. The van der Waals surface area contributed by atoms with Gasteiger partial charge in [0.15, 0.2) is 0 Å². The van der Waals surface area contributed by atoms with Crippen molar-refractivity contribution < 1.29 is 9.59 Å². The molecule has 212 valence electrons. The van der Waals surface area contributed by atoms with Crippen LogP contribution in [0.1, 0.15) is 66.7 Å². The lowest BCUT2D eigenvalue weighted by atomic mass is 9.88. The van der Waals surface area contributed by atoms with E-state index in [0.29, 0.717) is 11.8 Å². The van der Waals surface area contributed by atoms with Gasteiger partial charge in [-0.05, 0) is 81.7 Å². The van der Waals surface area contributed by atoms with E-state index in [1.807, 2.05) is 52.8 Å². The Morgan fingerprint density at radius 1 is 1.18 bits per heavy atom. The van der Waals surface area contributed by atoms with Gasteiger partial charge in [0.2, 0.25) is 0 Å². The average Bonchev–Trinajstić information content (AvgIpc) is 2.96. The van der Waals surface area contributed by atoms with Gasteiger partial charge in [-0.3, -0.25) is 14.7 Å². The second kappa shape index (κ2) is 17.7. The van der Waals surface area contributed by atoms with Crippen LogP contribution in [0.4, 0.5) is 5.69 Å². The predicted molar refractivity (Wildman–Crippen MR) is 163 cm³/mol. The Hall–Kier alpha value is -3.78. The number of piperidine rings is 1. The summed E-state index contributed by atoms with van der Waals surface area (Å²) in [6, 6.07) is 10.0. The van der Waals surface area contributed by atoms with Crippen molar-refractivity contribution in [2.24, 2.45) is 10.7 Å². The Labute approximate surface area is 234 Å². The number of nitrogens with zero attached hydrogens (tertiary/aromatic N) is 4. The van der Waals surface area contributed by atoms with Crippen LogP contribution in [0, 0.1) is 6.92 Å². The highest BCUT2D eigenvalue weighted by molar-refractivity contribution is 5.94. The van der Waals surface area contributed by atoms with Gasteiger partial charge in [-0.1, -0.05) is 37.6 Å². The molecule has 1 saturated heterocycles. The molecule has 0 spiro atoms. The molecular weight excluding hydrogens is 488 g/mol. The standard InChI is InChI=1S/C28H38N6O.C2H6.CH2O/c1-20(18-25-21(2)31-15-10-26(25)32-27(29)11-14-30-3)19-34-16-12-23(13-17-34)22-6-8-24(9-7-22)28(35)33(4)5;2*1-2/h6-11,14-15,18,23,30H,12-13,16-17,19H2,1-5H3,(H2,29,31,32);1-2H3;1H2/b14-11-,20-18+;;. The smallest absolute Gasteiger partial charge is 0.253 e. The Morgan fingerprint density at radius 3 is 2.36 bits per heavy atom. The maximum Gasteiger partial charge on any atom is 0.253 e. The second-order valence-electron chi connectivity index (χ2n) is 9.35. The van der Waals surface area contributed by atoms with Crippen LogP contribution < -0.4 is 11.1 Å². The number of carbonyl (C=O) groups is 2. The third kappa shape index (κ3) is 10.5. The lowest BCUT2D eigenvalue weighted by molar-refractivity contribution is -0.0980. The maximum atomic E-state index is 12.1. The van der Waals surface area contributed by atoms with Crippen molar-refractivity contribution in [3.63, 3.8) is 0 Å². The van der Waals surface area contributed by atoms with Crippen LogP contribution in [0.15, 0.2) is 59.4 Å². The summed E-state index contributed by atoms with van der Waals surface area (Å²) in [7, 11) is 5.39. The van der Waals surface area contributed by atoms with E-state index in [4.69, 9.17) is 10.5 Å². The number of nitrogens with two attached hydrogens (primary N) is 1. The number of benzene rings is 1. The van der Waals surface area contributed by atoms with Gasteiger partial charge in [-0.25, -0.2) is 4.99 Å². The fraction of sp³-hybridized carbons (Fsp3) is 0.419. The molecule has 0 aliphatic carbocycles. The molecule has 1 fully saturated rings. The number of aliphatic imine (C=N–C) groups is 1. The molecule has 8 nitrogen and oxygen atoms in total. The largest absolute Gasteiger partial charge is 0.394 e. The van der Waals surface area contributed by atoms with Gasteiger partial charge in [-0.2, -0.15) is 0 Å². The van der Waals surface area contributed by atoms with Crippen LogP contribution in [0.5, 0.6) is 0 Å². The molecule has 3 rings (SSSR count). The van der Waals surface area contributed by atoms with Gasteiger partial charge in [0.05, 0.1) is 5.69 Å². The number of hydrogen-bond donors (Lipinski definition) is 2. The van der Waals surface area contributed by atoms with Crippen LogP contribution in [-0.2, 0) is 4.79 Å². The zero-order valence-corrected chi connectivity index (χ0v) is 24.7. The van der Waals surface area contributed by atoms with Crippen molar-refractivity contribution in [1.82, 2.24) is 20.1 Å². The molecule has 39 heavy (non-hydrogen) atoms. The fourth-order valence-electron chi connectivity index (χ4n) is 4.41. The summed E-state index contributed by atoms with van der Waals surface area (Å²) in [5, 5.41) is 2.93. The minimum atomic E-state index is 0.0449. The molecule has 0 radical (unpaired) electrons. The molecule has 0 atom stereocenters. The van der Waals surface area contributed by atoms with E-state index in [9.17, 15) is 4.79 Å². The van der Waals surface area contributed by atoms with E-state index < -0.39 is 0 Å². The Balaban J connectivity index is 0.00000181. The first-order valence-corrected chi connectivity index (χ1v) is 13.4. The van der Waals surface area contributed by atoms with Gasteiger partial charge < -0.3 is 20.7 Å². The van der Waals surface area contributed by atoms with Crippen molar-refractivity contribution in [1.29, 1.82) is 0 Å². The van der Waals surface area contributed by atoms with Gasteiger partial charge >= 0.3 is 0 Å². The molecule has 1 amide bonds. The number of pyridine rings is 1. The molecule has 2 heterocycles. The summed E-state index contributed by atoms with van der Waals surface area (Å²) in [5.74, 6) is 1.02. The van der Waals surface area contributed by atoms with E-state index in [0.717, 1.165) is 55.0 Å². The number of rotatable bonds is 8. The van der Waals surface area contributed by atoms with Crippen LogP contribution in [-0.4, -0.2) is 74.1 Å². The summed E-state index contributed by atoms with van der Waals surface area (Å²) in [5.41, 5.74) is 12.1. The van der Waals surface area contributed by atoms with Crippen LogP contribution >= 0.6 is 0 Å². The number of nitrogens with one attached hydrogen (secondary N) is 1. The second-order valence-corrected chi connectivity index (χ2v) is 9.35. The molecule has 0 bridgehead atoms. The third-order valence-electron chi connectivity index (χ3n) is 6.32. The van der Waals surface area contributed by atoms with E-state index in [-0.39, 0.29) is 5.91 Å². The minimum Gasteiger partial charge on any atom is -0.394 e. The third-order valence-corrected chi connectivity index (χ3v) is 6.32. The van der Waals surface area contributed by atoms with E-state index >= 15 is 0 Å². The molecule has 1 aromatic carbocycles. The predicted octanol–water partition coefficient (Wildman–Crippen LogP) is 4.94. The molecule has 3 N–H and O–H groups in total. The molecule has 8 heteroatoms. The average molecular weight is 535 g/mol. The maximum absolute atomic E-state index is 12.1. The Kier molecular flexibility index (Phi) is 15.1. The van der Waals surface area contributed by atoms with Crippen LogP contribution in [0.2, 0.25) is 0 Å². The summed E-state index contributed by atoms with van der Waals surface area (Å²) < 4.78 is 0. The van der Waals surface area contributed by atoms with Crippen molar-refractivity contribution in [2.75, 3.05) is 40.8 Å². The molecule has 2 aromatic rings. The number of aromatic nitrogens is 1. The topological polar surface area (TPSA) is 104 Å². The summed E-state index contributed by atoms with van der Waals surface area (Å²) in [4.78, 5) is 33.3. The van der Waals surface area contributed by atoms with Crippen molar-refractivity contribution in [2.45, 2.75) is 46.5 Å². The zero-order valence-electron chi connectivity index (χ0n) is 24.7. The van der Waals surface area contributed by atoms with E-state index in [2.05, 4.69) is 45.3 Å². The highest BCUT2D eigenvalue weighted by Gasteiger charge is 2.21. The number of amides is 1. The first-order chi connectivity index (χ1) is 18.8. The molecule has 1 aromatic heterocycles. The number of likely N-dealkylation sites (tertiary alicyclic amines) is 1. The normalized spacial score (nSPS) is 14.6. The van der Waals surface area contributed by atoms with E-state index in [1.54, 1.807) is 37.5 Å². The summed E-state index contributed by atoms with van der Waals surface area (Å²) >= 11 is 0. The van der Waals surface area contributed by atoms with Crippen LogP contribution in [0.3, 0.4) is 0 Å². The zero-order chi connectivity index (χ0) is 29.4. The Bertz CT molecular complexity index is 1110. The number of amidine groups is 1. The van der Waals surface area contributed by atoms with Gasteiger partial charge in [-0.15, -0.1) is 0 Å². The van der Waals surface area contributed by atoms with Crippen molar-refractivity contribution in [3.8, 4) is 0 Å². The molecule has 1 aliphatic rings. The highest BCUT2D eigenvalue weighted by Crippen LogP contribution is 2.29.